The number of primary amides is 1. The second-order valence-electron chi connectivity index (χ2n) is 8.78. The predicted octanol–water partition coefficient (Wildman–Crippen LogP) is 3.24. The normalized spacial score (nSPS) is 12.9. The third-order valence-electron chi connectivity index (χ3n) is 5.72. The number of nitrogens with one attached hydrogen (secondary N) is 1. The molecule has 0 aliphatic carbocycles. The molecule has 0 saturated carbocycles. The fourth-order valence-corrected chi connectivity index (χ4v) is 4.54. The van der Waals surface area contributed by atoms with Gasteiger partial charge in [0, 0.05) is 18.3 Å². The molecule has 1 aliphatic heterocycles. The number of amides is 3. The molecule has 3 amide bonds. The number of nitrogen functional groups attached to an aromatic ring is 1. The van der Waals surface area contributed by atoms with Crippen LogP contribution < -0.4 is 31.2 Å². The van der Waals surface area contributed by atoms with Crippen LogP contribution in [0.2, 0.25) is 0 Å². The monoisotopic (exact) mass is 527 g/mol. The van der Waals surface area contributed by atoms with Crippen LogP contribution in [0.15, 0.2) is 42.5 Å². The number of aromatic nitrogens is 1. The van der Waals surface area contributed by atoms with E-state index >= 15 is 0 Å². The molecule has 1 aliphatic rings. The lowest BCUT2D eigenvalue weighted by Gasteiger charge is -2.31. The van der Waals surface area contributed by atoms with E-state index in [1.54, 1.807) is 18.2 Å². The van der Waals surface area contributed by atoms with Gasteiger partial charge in [0.05, 0.1) is 5.69 Å². The zero-order valence-electron chi connectivity index (χ0n) is 20.2. The predicted molar refractivity (Wildman–Crippen MR) is 136 cm³/mol. The molecule has 2 aromatic carbocycles. The van der Waals surface area contributed by atoms with E-state index in [1.165, 1.54) is 29.2 Å². The Morgan fingerprint density at radius 3 is 2.49 bits per heavy atom. The van der Waals surface area contributed by atoms with Crippen molar-refractivity contribution < 1.29 is 28.2 Å². The molecule has 0 spiro atoms. The van der Waals surface area contributed by atoms with Crippen LogP contribution in [-0.4, -0.2) is 35.4 Å². The van der Waals surface area contributed by atoms with Gasteiger partial charge < -0.3 is 26.3 Å². The molecule has 10 nitrogen and oxygen atoms in total. The van der Waals surface area contributed by atoms with Gasteiger partial charge in [0.25, 0.3) is 11.8 Å². The SMILES string of the molecule is CC(C)CCNC(=O)C(c1ccc(F)cc1)N(C(=O)c1snc(C(N)=O)c1N)c1ccc2c(c1)OCO2. The zero-order valence-corrected chi connectivity index (χ0v) is 21.0. The maximum atomic E-state index is 14.0. The molecule has 2 heterocycles. The molecule has 5 N–H and O–H groups in total. The summed E-state index contributed by atoms with van der Waals surface area (Å²) >= 11 is 0.695. The van der Waals surface area contributed by atoms with E-state index in [-0.39, 0.29) is 28.7 Å². The molecule has 0 saturated heterocycles. The molecule has 3 aromatic rings. The van der Waals surface area contributed by atoms with Gasteiger partial charge in [-0.25, -0.2) is 4.39 Å². The lowest BCUT2D eigenvalue weighted by Crippen LogP contribution is -2.44. The first kappa shape index (κ1) is 25.9. The Morgan fingerprint density at radius 2 is 1.84 bits per heavy atom. The Balaban J connectivity index is 1.84. The number of benzene rings is 2. The molecule has 1 atom stereocenters. The quantitative estimate of drug-likeness (QED) is 0.387. The van der Waals surface area contributed by atoms with Crippen molar-refractivity contribution in [2.75, 3.05) is 24.0 Å². The number of carbonyl (C=O) groups excluding carboxylic acids is 3. The van der Waals surface area contributed by atoms with E-state index in [4.69, 9.17) is 20.9 Å². The zero-order chi connectivity index (χ0) is 26.7. The Kier molecular flexibility index (Phi) is 7.58. The Morgan fingerprint density at radius 1 is 1.14 bits per heavy atom. The van der Waals surface area contributed by atoms with E-state index < -0.39 is 29.6 Å². The van der Waals surface area contributed by atoms with Crippen LogP contribution in [0.25, 0.3) is 0 Å². The number of halogens is 1. The van der Waals surface area contributed by atoms with Crippen molar-refractivity contribution in [2.24, 2.45) is 11.7 Å². The Labute approximate surface area is 216 Å². The van der Waals surface area contributed by atoms with Gasteiger partial charge >= 0.3 is 0 Å². The van der Waals surface area contributed by atoms with Crippen molar-refractivity contribution in [3.8, 4) is 11.5 Å². The number of nitrogens with two attached hydrogens (primary N) is 2. The number of fused-ring (bicyclic) bond motifs is 1. The molecule has 0 fully saturated rings. The average molecular weight is 528 g/mol. The van der Waals surface area contributed by atoms with Gasteiger partial charge in [0.15, 0.2) is 17.2 Å². The highest BCUT2D eigenvalue weighted by Gasteiger charge is 2.36. The molecule has 1 unspecified atom stereocenters. The summed E-state index contributed by atoms with van der Waals surface area (Å²) in [6.07, 6.45) is 0.712. The third-order valence-corrected chi connectivity index (χ3v) is 6.57. The van der Waals surface area contributed by atoms with Gasteiger partial charge in [0.2, 0.25) is 12.7 Å². The maximum Gasteiger partial charge on any atom is 0.273 e. The minimum atomic E-state index is -1.22. The highest BCUT2D eigenvalue weighted by atomic mass is 32.1. The number of carbonyl (C=O) groups is 3. The van der Waals surface area contributed by atoms with Crippen molar-refractivity contribution in [3.63, 3.8) is 0 Å². The van der Waals surface area contributed by atoms with Crippen LogP contribution in [-0.2, 0) is 4.79 Å². The molecule has 37 heavy (non-hydrogen) atoms. The fourth-order valence-electron chi connectivity index (χ4n) is 3.80. The second kappa shape index (κ2) is 10.8. The maximum absolute atomic E-state index is 14.0. The van der Waals surface area contributed by atoms with Gasteiger partial charge in [-0.2, -0.15) is 4.37 Å². The number of ether oxygens (including phenoxy) is 2. The highest BCUT2D eigenvalue weighted by Crippen LogP contribution is 2.39. The number of rotatable bonds is 9. The Bertz CT molecular complexity index is 1330. The molecular weight excluding hydrogens is 501 g/mol. The first-order valence-corrected chi connectivity index (χ1v) is 12.3. The molecule has 194 valence electrons. The van der Waals surface area contributed by atoms with Gasteiger partial charge in [0.1, 0.15) is 16.7 Å². The lowest BCUT2D eigenvalue weighted by atomic mass is 10.0. The van der Waals surface area contributed by atoms with E-state index in [0.29, 0.717) is 47.5 Å². The summed E-state index contributed by atoms with van der Waals surface area (Å²) < 4.78 is 28.6. The number of anilines is 2. The number of hydrogen-bond donors (Lipinski definition) is 3. The van der Waals surface area contributed by atoms with E-state index in [1.807, 2.05) is 13.8 Å². The van der Waals surface area contributed by atoms with Crippen LogP contribution in [0.4, 0.5) is 15.8 Å². The third kappa shape index (κ3) is 5.48. The molecule has 0 bridgehead atoms. The average Bonchev–Trinajstić information content (AvgIpc) is 3.48. The van der Waals surface area contributed by atoms with Crippen molar-refractivity contribution >= 4 is 40.6 Å². The molecule has 0 radical (unpaired) electrons. The van der Waals surface area contributed by atoms with Crippen LogP contribution in [0.5, 0.6) is 11.5 Å². The van der Waals surface area contributed by atoms with E-state index in [9.17, 15) is 18.8 Å². The highest BCUT2D eigenvalue weighted by molar-refractivity contribution is 7.09. The summed E-state index contributed by atoms with van der Waals surface area (Å²) in [5.74, 6) is -1.38. The smallest absolute Gasteiger partial charge is 0.273 e. The summed E-state index contributed by atoms with van der Waals surface area (Å²) in [6.45, 7) is 4.42. The van der Waals surface area contributed by atoms with Crippen molar-refractivity contribution in [1.82, 2.24) is 9.69 Å². The molecule has 4 rings (SSSR count). The van der Waals surface area contributed by atoms with Gasteiger partial charge in [-0.05, 0) is 53.7 Å². The topological polar surface area (TPSA) is 150 Å². The standard InChI is InChI=1S/C25H26FN5O5S/c1-13(2)9-10-29-24(33)21(14-3-5-15(26)6-4-14)31(16-7-8-17-18(11-16)36-12-35-17)25(34)22-19(27)20(23(28)32)30-37-22/h3-8,11,13,21H,9-10,12,27H2,1-2H3,(H2,28,32)(H,29,33). The summed E-state index contributed by atoms with van der Waals surface area (Å²) in [5, 5.41) is 2.87. The van der Waals surface area contributed by atoms with E-state index in [0.717, 1.165) is 0 Å². The molecule has 12 heteroatoms. The first-order chi connectivity index (χ1) is 17.7. The van der Waals surface area contributed by atoms with Crippen molar-refractivity contribution in [2.45, 2.75) is 26.3 Å². The van der Waals surface area contributed by atoms with Gasteiger partial charge in [-0.15, -0.1) is 0 Å². The first-order valence-electron chi connectivity index (χ1n) is 11.5. The van der Waals surface area contributed by atoms with Crippen LogP contribution >= 0.6 is 11.5 Å². The van der Waals surface area contributed by atoms with Gasteiger partial charge in [-0.3, -0.25) is 19.3 Å². The summed E-state index contributed by atoms with van der Waals surface area (Å²) in [6, 6.07) is 8.82. The van der Waals surface area contributed by atoms with Crippen LogP contribution in [0.3, 0.4) is 0 Å². The fraction of sp³-hybridized carbons (Fsp3) is 0.280. The minimum absolute atomic E-state index is 0.00752. The summed E-state index contributed by atoms with van der Waals surface area (Å²) in [5.41, 5.74) is 11.6. The largest absolute Gasteiger partial charge is 0.454 e. The van der Waals surface area contributed by atoms with Gasteiger partial charge in [-0.1, -0.05) is 26.0 Å². The summed E-state index contributed by atoms with van der Waals surface area (Å²) in [7, 11) is 0. The minimum Gasteiger partial charge on any atom is -0.454 e. The van der Waals surface area contributed by atoms with E-state index in [2.05, 4.69) is 9.69 Å². The van der Waals surface area contributed by atoms with Crippen molar-refractivity contribution in [1.29, 1.82) is 0 Å². The summed E-state index contributed by atoms with van der Waals surface area (Å²) in [4.78, 5) is 40.5. The molecular formula is C25H26FN5O5S. The Hall–Kier alpha value is -4.19. The van der Waals surface area contributed by atoms with Crippen LogP contribution in [0.1, 0.15) is 52.0 Å². The lowest BCUT2D eigenvalue weighted by molar-refractivity contribution is -0.122. The second-order valence-corrected chi connectivity index (χ2v) is 9.55. The van der Waals surface area contributed by atoms with Crippen molar-refractivity contribution in [3.05, 3.63) is 64.4 Å². The van der Waals surface area contributed by atoms with Crippen LogP contribution in [0, 0.1) is 11.7 Å². The molecule has 1 aromatic heterocycles. The number of hydrogen-bond acceptors (Lipinski definition) is 8. The number of nitrogens with zero attached hydrogens (tertiary/aromatic N) is 2.